The van der Waals surface area contributed by atoms with E-state index in [1.165, 1.54) is 82.4 Å². The minimum absolute atomic E-state index is 1.05. The van der Waals surface area contributed by atoms with Crippen LogP contribution in [0.3, 0.4) is 0 Å². The molecule has 1 aliphatic carbocycles. The van der Waals surface area contributed by atoms with Gasteiger partial charge in [0.15, 0.2) is 0 Å². The van der Waals surface area contributed by atoms with E-state index in [1.807, 2.05) is 0 Å². The second-order valence-corrected chi connectivity index (χ2v) is 15.2. The molecule has 0 aromatic heterocycles. The number of hydrogen-bond donors (Lipinski definition) is 0. The predicted octanol–water partition coefficient (Wildman–Crippen LogP) is 15.9. The minimum Gasteiger partial charge on any atom is -0.311 e. The summed E-state index contributed by atoms with van der Waals surface area (Å²) in [5.41, 5.74) is 12.0. The molecule has 0 aliphatic heterocycles. The molecule has 2 heteroatoms. The van der Waals surface area contributed by atoms with Gasteiger partial charge in [0, 0.05) is 33.4 Å². The highest BCUT2D eigenvalue weighted by Crippen LogP contribution is 2.48. The van der Waals surface area contributed by atoms with Crippen molar-refractivity contribution >= 4 is 83.3 Å². The lowest BCUT2D eigenvalue weighted by atomic mass is 9.89. The Hall–Kier alpha value is -7.42. The van der Waals surface area contributed by atoms with Gasteiger partial charge < -0.3 is 9.80 Å². The van der Waals surface area contributed by atoms with Crippen LogP contribution in [0.15, 0.2) is 212 Å². The maximum Gasteiger partial charge on any atom is 0.0546 e. The maximum absolute atomic E-state index is 2.53. The van der Waals surface area contributed by atoms with Crippen molar-refractivity contribution in [3.05, 3.63) is 223 Å². The van der Waals surface area contributed by atoms with Crippen molar-refractivity contribution in [1.82, 2.24) is 0 Å². The van der Waals surface area contributed by atoms with Crippen molar-refractivity contribution < 1.29 is 0 Å². The molecule has 0 unspecified atom stereocenters. The van der Waals surface area contributed by atoms with Gasteiger partial charge in [-0.25, -0.2) is 0 Å². The van der Waals surface area contributed by atoms with Crippen LogP contribution in [0.1, 0.15) is 17.5 Å². The van der Waals surface area contributed by atoms with E-state index in [0.29, 0.717) is 0 Å². The molecule has 0 N–H and O–H groups in total. The van der Waals surface area contributed by atoms with Gasteiger partial charge in [-0.3, -0.25) is 0 Å². The molecule has 0 fully saturated rings. The number of para-hydroxylation sites is 2. The number of aryl methyl sites for hydroxylation is 1. The van der Waals surface area contributed by atoms with E-state index in [1.54, 1.807) is 0 Å². The lowest BCUT2D eigenvalue weighted by Gasteiger charge is -2.31. The molecule has 0 spiro atoms. The summed E-state index contributed by atoms with van der Waals surface area (Å²) in [4.78, 5) is 4.85. The molecular weight excluding hydrogens is 701 g/mol. The second kappa shape index (κ2) is 14.3. The Bertz CT molecular complexity index is 3120. The summed E-state index contributed by atoms with van der Waals surface area (Å²) in [6.07, 6.45) is 6.77. The van der Waals surface area contributed by atoms with Gasteiger partial charge >= 0.3 is 0 Å². The Kier molecular flexibility index (Phi) is 8.33. The highest BCUT2D eigenvalue weighted by molar-refractivity contribution is 6.26. The molecule has 2 nitrogen and oxygen atoms in total. The summed E-state index contributed by atoms with van der Waals surface area (Å²) in [6, 6.07) is 75.4. The highest BCUT2D eigenvalue weighted by Gasteiger charge is 2.24. The monoisotopic (exact) mass is 740 g/mol. The zero-order chi connectivity index (χ0) is 38.4. The Balaban J connectivity index is 1.15. The van der Waals surface area contributed by atoms with E-state index in [4.69, 9.17) is 0 Å². The first kappa shape index (κ1) is 33.9. The molecule has 10 aromatic carbocycles. The van der Waals surface area contributed by atoms with Crippen LogP contribution in [0.2, 0.25) is 0 Å². The van der Waals surface area contributed by atoms with E-state index in [0.717, 1.165) is 29.9 Å². The lowest BCUT2D eigenvalue weighted by Crippen LogP contribution is -2.14. The summed E-state index contributed by atoms with van der Waals surface area (Å²) in [5.74, 6) is 0. The number of rotatable bonds is 7. The standard InChI is InChI=1S/C56H40N2/c1-3-21-43(22-4-1)57(44-23-5-2-6-24-44)45-35-33-41(34-36-45)52-37-42-38-55(49-28-12-14-30-51(49)56(42)50-29-13-11-27-48(50)52)58(53-31-15-19-39-17-7-9-25-46(39)53)54-32-16-20-40-18-8-10-26-47(40)54/h1-7,9-17,19-38H,8,18H2. The molecule has 0 saturated heterocycles. The predicted molar refractivity (Wildman–Crippen MR) is 249 cm³/mol. The number of anilines is 6. The molecule has 1 aliphatic rings. The number of nitrogens with zero attached hydrogens (tertiary/aromatic N) is 2. The molecule has 0 radical (unpaired) electrons. The average molecular weight is 741 g/mol. The molecule has 11 rings (SSSR count). The van der Waals surface area contributed by atoms with Crippen LogP contribution in [-0.2, 0) is 6.42 Å². The molecule has 0 saturated carbocycles. The van der Waals surface area contributed by atoms with Crippen molar-refractivity contribution in [1.29, 1.82) is 0 Å². The van der Waals surface area contributed by atoms with Crippen LogP contribution < -0.4 is 9.80 Å². The topological polar surface area (TPSA) is 6.48 Å². The molecule has 10 aromatic rings. The summed E-state index contributed by atoms with van der Waals surface area (Å²) in [6.45, 7) is 0. The number of fused-ring (bicyclic) bond motifs is 7. The van der Waals surface area contributed by atoms with Crippen LogP contribution >= 0.6 is 0 Å². The van der Waals surface area contributed by atoms with Gasteiger partial charge in [-0.15, -0.1) is 0 Å². The van der Waals surface area contributed by atoms with Gasteiger partial charge in [0.2, 0.25) is 0 Å². The zero-order valence-corrected chi connectivity index (χ0v) is 32.1. The number of benzene rings is 10. The summed E-state index contributed by atoms with van der Waals surface area (Å²) >= 11 is 0. The smallest absolute Gasteiger partial charge is 0.0546 e. The third-order valence-corrected chi connectivity index (χ3v) is 11.8. The van der Waals surface area contributed by atoms with Gasteiger partial charge in [0.25, 0.3) is 0 Å². The molecule has 274 valence electrons. The van der Waals surface area contributed by atoms with Crippen LogP contribution in [0.25, 0.3) is 60.3 Å². The number of allylic oxidation sites excluding steroid dienone is 1. The Morgan fingerprint density at radius 1 is 0.362 bits per heavy atom. The third kappa shape index (κ3) is 5.73. The van der Waals surface area contributed by atoms with Crippen molar-refractivity contribution in [3.63, 3.8) is 0 Å². The summed E-state index contributed by atoms with van der Waals surface area (Å²) in [7, 11) is 0. The van der Waals surface area contributed by atoms with Gasteiger partial charge in [-0.2, -0.15) is 0 Å². The summed E-state index contributed by atoms with van der Waals surface area (Å²) < 4.78 is 0. The van der Waals surface area contributed by atoms with Crippen LogP contribution in [0.5, 0.6) is 0 Å². The highest BCUT2D eigenvalue weighted by atomic mass is 15.2. The van der Waals surface area contributed by atoms with Gasteiger partial charge in [-0.05, 0) is 123 Å². The molecular formula is C56H40N2. The van der Waals surface area contributed by atoms with Crippen molar-refractivity contribution in [2.24, 2.45) is 0 Å². The van der Waals surface area contributed by atoms with Gasteiger partial charge in [0.1, 0.15) is 0 Å². The molecule has 0 atom stereocenters. The van der Waals surface area contributed by atoms with Crippen LogP contribution in [0, 0.1) is 0 Å². The molecule has 58 heavy (non-hydrogen) atoms. The van der Waals surface area contributed by atoms with Gasteiger partial charge in [-0.1, -0.05) is 158 Å². The first-order valence-corrected chi connectivity index (χ1v) is 20.2. The van der Waals surface area contributed by atoms with Crippen molar-refractivity contribution in [2.45, 2.75) is 12.8 Å². The van der Waals surface area contributed by atoms with Crippen LogP contribution in [-0.4, -0.2) is 0 Å². The minimum atomic E-state index is 1.05. The first-order chi connectivity index (χ1) is 28.8. The van der Waals surface area contributed by atoms with E-state index < -0.39 is 0 Å². The Morgan fingerprint density at radius 2 is 0.931 bits per heavy atom. The summed E-state index contributed by atoms with van der Waals surface area (Å²) in [5, 5.41) is 9.93. The van der Waals surface area contributed by atoms with E-state index in [9.17, 15) is 0 Å². The van der Waals surface area contributed by atoms with E-state index in [-0.39, 0.29) is 0 Å². The SMILES string of the molecule is C1=Cc2c(cccc2N(c2cccc3ccccc23)c2cc3cc(-c4ccc(N(c5ccccc5)c5ccccc5)cc4)c4ccccc4c3c3ccccc23)CC1. The molecule has 0 bridgehead atoms. The molecule has 0 amide bonds. The Labute approximate surface area is 339 Å². The first-order valence-electron chi connectivity index (χ1n) is 20.2. The van der Waals surface area contributed by atoms with Crippen molar-refractivity contribution in [3.8, 4) is 11.1 Å². The number of hydrogen-bond acceptors (Lipinski definition) is 2. The van der Waals surface area contributed by atoms with Crippen LogP contribution in [0.4, 0.5) is 34.1 Å². The normalized spacial score (nSPS) is 12.3. The lowest BCUT2D eigenvalue weighted by molar-refractivity contribution is 0.984. The Morgan fingerprint density at radius 3 is 1.67 bits per heavy atom. The quantitative estimate of drug-likeness (QED) is 0.150. The maximum atomic E-state index is 2.53. The molecule has 0 heterocycles. The fourth-order valence-corrected chi connectivity index (χ4v) is 9.21. The second-order valence-electron chi connectivity index (χ2n) is 15.2. The van der Waals surface area contributed by atoms with Crippen molar-refractivity contribution in [2.75, 3.05) is 9.80 Å². The van der Waals surface area contributed by atoms with E-state index in [2.05, 4.69) is 228 Å². The largest absolute Gasteiger partial charge is 0.311 e. The fraction of sp³-hybridized carbons (Fsp3) is 0.0357. The fourth-order valence-electron chi connectivity index (χ4n) is 9.21. The van der Waals surface area contributed by atoms with E-state index >= 15 is 0 Å². The van der Waals surface area contributed by atoms with Gasteiger partial charge in [0.05, 0.1) is 17.1 Å². The zero-order valence-electron chi connectivity index (χ0n) is 32.1. The third-order valence-electron chi connectivity index (χ3n) is 11.8. The average Bonchev–Trinajstić information content (AvgIpc) is 3.30.